The van der Waals surface area contributed by atoms with Crippen molar-refractivity contribution in [2.24, 2.45) is 0 Å². The lowest BCUT2D eigenvalue weighted by Gasteiger charge is -2.33. The molecule has 5 nitrogen and oxygen atoms in total. The third kappa shape index (κ3) is 3.36. The number of pyridine rings is 1. The van der Waals surface area contributed by atoms with Gasteiger partial charge in [-0.1, -0.05) is 11.6 Å². The van der Waals surface area contributed by atoms with Gasteiger partial charge in [-0.15, -0.1) is 0 Å². The number of carboxylic acids is 1. The van der Waals surface area contributed by atoms with Crippen molar-refractivity contribution >= 4 is 23.4 Å². The second-order valence-corrected chi connectivity index (χ2v) is 4.88. The number of piperidine rings is 1. The Morgan fingerprint density at radius 3 is 2.79 bits per heavy atom. The summed E-state index contributed by atoms with van der Waals surface area (Å²) in [6.07, 6.45) is 3.52. The molecule has 0 radical (unpaired) electrons. The molecule has 1 aliphatic rings. The molecule has 0 atom stereocenters. The maximum atomic E-state index is 10.8. The summed E-state index contributed by atoms with van der Waals surface area (Å²) in [4.78, 5) is 17.1. The minimum Gasteiger partial charge on any atom is -0.478 e. The standard InChI is InChI=1S/C13H17ClN2O3/c1-2-19-10-3-5-16(6-4-10)12-11(14)7-9(8-15-12)13(17)18/h7-8,10H,2-6H2,1H3,(H,17,18). The highest BCUT2D eigenvalue weighted by Gasteiger charge is 2.22. The molecule has 6 heteroatoms. The van der Waals surface area contributed by atoms with Crippen molar-refractivity contribution in [3.63, 3.8) is 0 Å². The van der Waals surface area contributed by atoms with Gasteiger partial charge in [0.1, 0.15) is 5.82 Å². The monoisotopic (exact) mass is 284 g/mol. The lowest BCUT2D eigenvalue weighted by Crippen LogP contribution is -2.37. The van der Waals surface area contributed by atoms with Crippen LogP contribution in [0.25, 0.3) is 0 Å². The number of halogens is 1. The van der Waals surface area contributed by atoms with Gasteiger partial charge in [-0.05, 0) is 25.8 Å². The molecule has 0 saturated carbocycles. The van der Waals surface area contributed by atoms with Crippen LogP contribution in [-0.4, -0.2) is 41.9 Å². The average molecular weight is 285 g/mol. The van der Waals surface area contributed by atoms with E-state index in [4.69, 9.17) is 21.4 Å². The molecule has 0 aliphatic carbocycles. The highest BCUT2D eigenvalue weighted by molar-refractivity contribution is 6.33. The number of carboxylic acid groups (broad SMARTS) is 1. The van der Waals surface area contributed by atoms with Gasteiger partial charge in [0.15, 0.2) is 0 Å². The Balaban J connectivity index is 2.05. The Bertz CT molecular complexity index is 459. The summed E-state index contributed by atoms with van der Waals surface area (Å²) in [7, 11) is 0. The SMILES string of the molecule is CCOC1CCN(c2ncc(C(=O)O)cc2Cl)CC1. The first kappa shape index (κ1) is 14.1. The summed E-state index contributed by atoms with van der Waals surface area (Å²) < 4.78 is 5.59. The van der Waals surface area contributed by atoms with Crippen LogP contribution in [0.4, 0.5) is 5.82 Å². The normalized spacial score (nSPS) is 16.6. The fourth-order valence-electron chi connectivity index (χ4n) is 2.25. The largest absolute Gasteiger partial charge is 0.478 e. The lowest BCUT2D eigenvalue weighted by molar-refractivity contribution is 0.0458. The van der Waals surface area contributed by atoms with Crippen molar-refractivity contribution in [3.8, 4) is 0 Å². The van der Waals surface area contributed by atoms with Crippen LogP contribution in [0.5, 0.6) is 0 Å². The summed E-state index contributed by atoms with van der Waals surface area (Å²) in [5.41, 5.74) is 0.109. The van der Waals surface area contributed by atoms with E-state index < -0.39 is 5.97 Å². The van der Waals surface area contributed by atoms with E-state index >= 15 is 0 Å². The molecule has 19 heavy (non-hydrogen) atoms. The molecule has 0 unspecified atom stereocenters. The maximum absolute atomic E-state index is 10.8. The third-order valence-corrected chi connectivity index (χ3v) is 3.49. The molecule has 1 saturated heterocycles. The predicted octanol–water partition coefficient (Wildman–Crippen LogP) is 2.44. The number of hydrogen-bond acceptors (Lipinski definition) is 4. The van der Waals surface area contributed by atoms with E-state index in [2.05, 4.69) is 9.88 Å². The zero-order valence-electron chi connectivity index (χ0n) is 10.8. The van der Waals surface area contributed by atoms with Gasteiger partial charge in [0.2, 0.25) is 0 Å². The van der Waals surface area contributed by atoms with Crippen LogP contribution in [0.1, 0.15) is 30.1 Å². The Morgan fingerprint density at radius 2 is 2.26 bits per heavy atom. The van der Waals surface area contributed by atoms with E-state index in [-0.39, 0.29) is 5.56 Å². The Morgan fingerprint density at radius 1 is 1.58 bits per heavy atom. The van der Waals surface area contributed by atoms with Crippen molar-refractivity contribution in [1.82, 2.24) is 4.98 Å². The van der Waals surface area contributed by atoms with E-state index in [9.17, 15) is 4.79 Å². The van der Waals surface area contributed by atoms with Crippen LogP contribution in [0.2, 0.25) is 5.02 Å². The minimum atomic E-state index is -1.02. The molecule has 2 heterocycles. The second kappa shape index (κ2) is 6.21. The molecule has 0 bridgehead atoms. The third-order valence-electron chi connectivity index (χ3n) is 3.21. The van der Waals surface area contributed by atoms with Crippen molar-refractivity contribution in [3.05, 3.63) is 22.8 Å². The summed E-state index contributed by atoms with van der Waals surface area (Å²) >= 11 is 6.11. The number of hydrogen-bond donors (Lipinski definition) is 1. The molecule has 1 aromatic rings. The molecule has 0 amide bonds. The van der Waals surface area contributed by atoms with Gasteiger partial charge in [-0.3, -0.25) is 0 Å². The molecular formula is C13H17ClN2O3. The number of rotatable bonds is 4. The van der Waals surface area contributed by atoms with Gasteiger partial charge in [0, 0.05) is 25.9 Å². The van der Waals surface area contributed by atoms with Crippen molar-refractivity contribution in [2.45, 2.75) is 25.9 Å². The van der Waals surface area contributed by atoms with Crippen LogP contribution < -0.4 is 4.90 Å². The number of ether oxygens (including phenoxy) is 1. The number of aromatic nitrogens is 1. The van der Waals surface area contributed by atoms with Crippen molar-refractivity contribution in [1.29, 1.82) is 0 Å². The number of nitrogens with zero attached hydrogens (tertiary/aromatic N) is 2. The first-order valence-corrected chi connectivity index (χ1v) is 6.75. The molecule has 1 N–H and O–H groups in total. The highest BCUT2D eigenvalue weighted by Crippen LogP contribution is 2.27. The van der Waals surface area contributed by atoms with Crippen molar-refractivity contribution in [2.75, 3.05) is 24.6 Å². The summed E-state index contributed by atoms with van der Waals surface area (Å²) in [5, 5.41) is 9.26. The first-order valence-electron chi connectivity index (χ1n) is 6.37. The quantitative estimate of drug-likeness (QED) is 0.920. The van der Waals surface area contributed by atoms with Gasteiger partial charge in [0.05, 0.1) is 16.7 Å². The fourth-order valence-corrected chi connectivity index (χ4v) is 2.54. The van der Waals surface area contributed by atoms with E-state index in [1.54, 1.807) is 0 Å². The molecule has 0 aromatic carbocycles. The number of carbonyl (C=O) groups is 1. The first-order chi connectivity index (χ1) is 9.11. The lowest BCUT2D eigenvalue weighted by atomic mass is 10.1. The number of anilines is 1. The van der Waals surface area contributed by atoms with E-state index in [0.29, 0.717) is 16.9 Å². The zero-order valence-corrected chi connectivity index (χ0v) is 11.6. The molecule has 104 valence electrons. The van der Waals surface area contributed by atoms with E-state index in [0.717, 1.165) is 32.5 Å². The van der Waals surface area contributed by atoms with Crippen LogP contribution in [0.15, 0.2) is 12.3 Å². The van der Waals surface area contributed by atoms with Crippen LogP contribution in [-0.2, 0) is 4.74 Å². The smallest absolute Gasteiger partial charge is 0.337 e. The van der Waals surface area contributed by atoms with E-state index in [1.165, 1.54) is 12.3 Å². The number of aromatic carboxylic acids is 1. The summed E-state index contributed by atoms with van der Waals surface area (Å²) in [6.45, 7) is 4.38. The maximum Gasteiger partial charge on any atom is 0.337 e. The molecule has 0 spiro atoms. The van der Waals surface area contributed by atoms with E-state index in [1.807, 2.05) is 6.92 Å². The van der Waals surface area contributed by atoms with Crippen LogP contribution in [0.3, 0.4) is 0 Å². The molecule has 2 rings (SSSR count). The molecule has 1 fully saturated rings. The Labute approximate surface area is 117 Å². The van der Waals surface area contributed by atoms with Crippen LogP contribution in [0, 0.1) is 0 Å². The van der Waals surface area contributed by atoms with Gasteiger partial charge in [-0.2, -0.15) is 0 Å². The topological polar surface area (TPSA) is 62.7 Å². The Kier molecular flexibility index (Phi) is 4.61. The van der Waals surface area contributed by atoms with Gasteiger partial charge >= 0.3 is 5.97 Å². The molecule has 1 aliphatic heterocycles. The average Bonchev–Trinajstić information content (AvgIpc) is 2.40. The second-order valence-electron chi connectivity index (χ2n) is 4.48. The van der Waals surface area contributed by atoms with Gasteiger partial charge in [0.25, 0.3) is 0 Å². The van der Waals surface area contributed by atoms with Crippen molar-refractivity contribution < 1.29 is 14.6 Å². The zero-order chi connectivity index (χ0) is 13.8. The highest BCUT2D eigenvalue weighted by atomic mass is 35.5. The van der Waals surface area contributed by atoms with Crippen LogP contribution >= 0.6 is 11.6 Å². The van der Waals surface area contributed by atoms with Gasteiger partial charge in [-0.25, -0.2) is 9.78 Å². The molecule has 1 aromatic heterocycles. The van der Waals surface area contributed by atoms with Gasteiger partial charge < -0.3 is 14.7 Å². The Hall–Kier alpha value is -1.33. The summed E-state index contributed by atoms with van der Waals surface area (Å²) in [5.74, 6) is -0.363. The fraction of sp³-hybridized carbons (Fsp3) is 0.538. The predicted molar refractivity (Wildman–Crippen MR) is 73.1 cm³/mol. The minimum absolute atomic E-state index is 0.109. The molecular weight excluding hydrogens is 268 g/mol. The summed E-state index contributed by atoms with van der Waals surface area (Å²) in [6, 6.07) is 1.45.